The van der Waals surface area contributed by atoms with Gasteiger partial charge < -0.3 is 11.1 Å². The number of nitrogens with zero attached hydrogens (tertiary/aromatic N) is 2. The molecule has 1 fully saturated rings. The first-order chi connectivity index (χ1) is 11.6. The van der Waals surface area contributed by atoms with Gasteiger partial charge in [0, 0.05) is 19.6 Å². The molecule has 25 heavy (non-hydrogen) atoms. The van der Waals surface area contributed by atoms with Crippen LogP contribution in [0.25, 0.3) is 0 Å². The number of hydrogen-bond donors (Lipinski definition) is 2. The maximum Gasteiger partial charge on any atom is 0.416 e. The van der Waals surface area contributed by atoms with E-state index < -0.39 is 21.8 Å². The van der Waals surface area contributed by atoms with Crippen LogP contribution < -0.4 is 11.1 Å². The molecule has 1 aromatic carbocycles. The van der Waals surface area contributed by atoms with Gasteiger partial charge in [-0.2, -0.15) is 13.2 Å². The summed E-state index contributed by atoms with van der Waals surface area (Å²) in [6.45, 7) is 1.39. The Labute approximate surface area is 145 Å². The maximum atomic E-state index is 12.7. The number of nitrogens with two attached hydrogens (primary N) is 1. The Morgan fingerprint density at radius 2 is 2.16 bits per heavy atom. The zero-order valence-electron chi connectivity index (χ0n) is 13.8. The lowest BCUT2D eigenvalue weighted by Crippen LogP contribution is -2.36. The third-order valence-electron chi connectivity index (χ3n) is 3.98. The summed E-state index contributed by atoms with van der Waals surface area (Å²) in [5.74, 6) is 0.243. The Balaban J connectivity index is 1.85. The summed E-state index contributed by atoms with van der Waals surface area (Å²) in [5.41, 5.74) is 5.41. The quantitative estimate of drug-likeness (QED) is 0.599. The number of benzene rings is 1. The third-order valence-corrected chi connectivity index (χ3v) is 5.25. The second-order valence-electron chi connectivity index (χ2n) is 6.06. The van der Waals surface area contributed by atoms with Gasteiger partial charge in [0.2, 0.25) is 10.0 Å². The Kier molecular flexibility index (Phi) is 5.94. The monoisotopic (exact) mass is 378 g/mol. The van der Waals surface area contributed by atoms with E-state index in [4.69, 9.17) is 5.73 Å². The van der Waals surface area contributed by atoms with Gasteiger partial charge in [-0.15, -0.1) is 0 Å². The van der Waals surface area contributed by atoms with Crippen LogP contribution in [0.3, 0.4) is 0 Å². The zero-order valence-corrected chi connectivity index (χ0v) is 14.6. The van der Waals surface area contributed by atoms with Gasteiger partial charge >= 0.3 is 6.18 Å². The minimum Gasteiger partial charge on any atom is -0.370 e. The van der Waals surface area contributed by atoms with E-state index in [1.165, 1.54) is 16.6 Å². The SMILES string of the molecule is CS(=O)(=O)N1CCC(CNC(N)=NCc2cccc(C(F)(F)F)c2)C1. The van der Waals surface area contributed by atoms with Crippen LogP contribution in [0.5, 0.6) is 0 Å². The zero-order chi connectivity index (χ0) is 18.7. The van der Waals surface area contributed by atoms with E-state index in [0.29, 0.717) is 25.2 Å². The van der Waals surface area contributed by atoms with Crippen LogP contribution in [-0.2, 0) is 22.7 Å². The highest BCUT2D eigenvalue weighted by Crippen LogP contribution is 2.29. The molecule has 1 unspecified atom stereocenters. The van der Waals surface area contributed by atoms with Gasteiger partial charge in [0.15, 0.2) is 5.96 Å². The maximum absolute atomic E-state index is 12.7. The Morgan fingerprint density at radius 3 is 2.76 bits per heavy atom. The fourth-order valence-electron chi connectivity index (χ4n) is 2.59. The Morgan fingerprint density at radius 1 is 1.44 bits per heavy atom. The average Bonchev–Trinajstić information content (AvgIpc) is 2.99. The van der Waals surface area contributed by atoms with E-state index in [0.717, 1.165) is 18.6 Å². The number of guanidine groups is 1. The standard InChI is InChI=1S/C15H21F3N4O2S/c1-25(23,24)22-6-5-12(10-22)9-21-14(19)20-8-11-3-2-4-13(7-11)15(16,17)18/h2-4,7,12H,5-6,8-10H2,1H3,(H3,19,20,21). The van der Waals surface area contributed by atoms with Crippen LogP contribution in [0.4, 0.5) is 13.2 Å². The van der Waals surface area contributed by atoms with Crippen molar-refractivity contribution in [2.24, 2.45) is 16.6 Å². The molecule has 0 aliphatic carbocycles. The summed E-state index contributed by atoms with van der Waals surface area (Å²) in [6.07, 6.45) is -2.49. The molecule has 0 saturated carbocycles. The van der Waals surface area contributed by atoms with E-state index in [1.54, 1.807) is 6.07 Å². The van der Waals surface area contributed by atoms with Crippen molar-refractivity contribution in [1.82, 2.24) is 9.62 Å². The summed E-state index contributed by atoms with van der Waals surface area (Å²) in [7, 11) is -3.18. The first kappa shape index (κ1) is 19.5. The molecule has 1 saturated heterocycles. The lowest BCUT2D eigenvalue weighted by molar-refractivity contribution is -0.137. The second-order valence-corrected chi connectivity index (χ2v) is 8.04. The predicted molar refractivity (Wildman–Crippen MR) is 89.3 cm³/mol. The molecule has 1 aliphatic heterocycles. The molecule has 140 valence electrons. The Hall–Kier alpha value is -1.81. The van der Waals surface area contributed by atoms with E-state index in [9.17, 15) is 21.6 Å². The molecule has 1 heterocycles. The molecule has 3 N–H and O–H groups in total. The molecule has 0 aromatic heterocycles. The molecule has 1 aromatic rings. The van der Waals surface area contributed by atoms with Crippen molar-refractivity contribution in [3.05, 3.63) is 35.4 Å². The fourth-order valence-corrected chi connectivity index (χ4v) is 3.51. The molecule has 10 heteroatoms. The van der Waals surface area contributed by atoms with Crippen LogP contribution in [-0.4, -0.2) is 44.6 Å². The van der Waals surface area contributed by atoms with Crippen molar-refractivity contribution in [3.8, 4) is 0 Å². The molecule has 0 amide bonds. The first-order valence-electron chi connectivity index (χ1n) is 7.71. The highest BCUT2D eigenvalue weighted by Gasteiger charge is 2.30. The molecule has 2 rings (SSSR count). The molecule has 1 atom stereocenters. The van der Waals surface area contributed by atoms with Crippen molar-refractivity contribution >= 4 is 16.0 Å². The van der Waals surface area contributed by atoms with Gasteiger partial charge in [0.05, 0.1) is 18.4 Å². The average molecular weight is 378 g/mol. The van der Waals surface area contributed by atoms with Crippen LogP contribution in [0.15, 0.2) is 29.3 Å². The number of alkyl halides is 3. The number of hydrogen-bond acceptors (Lipinski definition) is 3. The van der Waals surface area contributed by atoms with Crippen LogP contribution in [0.1, 0.15) is 17.5 Å². The van der Waals surface area contributed by atoms with Gasteiger partial charge in [-0.1, -0.05) is 12.1 Å². The predicted octanol–water partition coefficient (Wildman–Crippen LogP) is 1.39. The molecule has 1 aliphatic rings. The van der Waals surface area contributed by atoms with E-state index >= 15 is 0 Å². The van der Waals surface area contributed by atoms with Crippen molar-refractivity contribution in [1.29, 1.82) is 0 Å². The van der Waals surface area contributed by atoms with Crippen LogP contribution in [0.2, 0.25) is 0 Å². The smallest absolute Gasteiger partial charge is 0.370 e. The molecular weight excluding hydrogens is 357 g/mol. The highest BCUT2D eigenvalue weighted by molar-refractivity contribution is 7.88. The molecule has 0 spiro atoms. The van der Waals surface area contributed by atoms with E-state index in [1.807, 2.05) is 0 Å². The van der Waals surface area contributed by atoms with Crippen molar-refractivity contribution in [2.75, 3.05) is 25.9 Å². The number of aliphatic imine (C=N–C) groups is 1. The van der Waals surface area contributed by atoms with Gasteiger partial charge in [0.25, 0.3) is 0 Å². The third kappa shape index (κ3) is 5.89. The van der Waals surface area contributed by atoms with E-state index in [2.05, 4.69) is 10.3 Å². The number of rotatable bonds is 5. The van der Waals surface area contributed by atoms with Gasteiger partial charge in [-0.3, -0.25) is 0 Å². The largest absolute Gasteiger partial charge is 0.416 e. The first-order valence-corrected chi connectivity index (χ1v) is 9.55. The van der Waals surface area contributed by atoms with Crippen molar-refractivity contribution < 1.29 is 21.6 Å². The fraction of sp³-hybridized carbons (Fsp3) is 0.533. The molecule has 0 bridgehead atoms. The van der Waals surface area contributed by atoms with Crippen LogP contribution in [0, 0.1) is 5.92 Å². The summed E-state index contributed by atoms with van der Waals surface area (Å²) in [6, 6.07) is 4.92. The lowest BCUT2D eigenvalue weighted by Gasteiger charge is -2.14. The van der Waals surface area contributed by atoms with Crippen molar-refractivity contribution in [3.63, 3.8) is 0 Å². The summed E-state index contributed by atoms with van der Waals surface area (Å²) >= 11 is 0. The lowest BCUT2D eigenvalue weighted by atomic mass is 10.1. The van der Waals surface area contributed by atoms with Gasteiger partial charge in [-0.05, 0) is 30.0 Å². The minimum atomic E-state index is -4.39. The molecule has 6 nitrogen and oxygen atoms in total. The van der Waals surface area contributed by atoms with Gasteiger partial charge in [0.1, 0.15) is 0 Å². The molecular formula is C15H21F3N4O2S. The molecule has 0 radical (unpaired) electrons. The second kappa shape index (κ2) is 7.61. The normalized spacial score (nSPS) is 20.0. The van der Waals surface area contributed by atoms with Crippen molar-refractivity contribution in [2.45, 2.75) is 19.1 Å². The highest BCUT2D eigenvalue weighted by atomic mass is 32.2. The van der Waals surface area contributed by atoms with Crippen LogP contribution >= 0.6 is 0 Å². The van der Waals surface area contributed by atoms with Gasteiger partial charge in [-0.25, -0.2) is 17.7 Å². The Bertz CT molecular complexity index is 735. The number of sulfonamides is 1. The number of halogens is 3. The summed E-state index contributed by atoms with van der Waals surface area (Å²) in [5, 5.41) is 2.90. The summed E-state index contributed by atoms with van der Waals surface area (Å²) < 4.78 is 62.3. The van der Waals surface area contributed by atoms with E-state index in [-0.39, 0.29) is 18.4 Å². The summed E-state index contributed by atoms with van der Waals surface area (Å²) in [4.78, 5) is 4.03. The topological polar surface area (TPSA) is 87.8 Å². The number of nitrogens with one attached hydrogen (secondary N) is 1. The minimum absolute atomic E-state index is 0.0306.